The second-order valence-corrected chi connectivity index (χ2v) is 9.68. The molecule has 1 aliphatic heterocycles. The van der Waals surface area contributed by atoms with Crippen LogP contribution in [0.1, 0.15) is 47.2 Å². The fraction of sp³-hybridized carbons (Fsp3) is 0.435. The first-order valence-corrected chi connectivity index (χ1v) is 11.8. The van der Waals surface area contributed by atoms with E-state index < -0.39 is 10.0 Å². The van der Waals surface area contributed by atoms with Gasteiger partial charge in [0.2, 0.25) is 10.0 Å². The second-order valence-electron chi connectivity index (χ2n) is 7.77. The molecular formula is C23H30N2O4S. The van der Waals surface area contributed by atoms with Crippen LogP contribution in [-0.2, 0) is 16.6 Å². The van der Waals surface area contributed by atoms with Crippen LogP contribution in [0.4, 0.5) is 0 Å². The SMILES string of the molecule is COc1ccc(C(=O)N(C)Cc2ccccc2C)cc1S(=O)(=O)N1CCCCCC1. The lowest BCUT2D eigenvalue weighted by Gasteiger charge is -2.23. The molecule has 0 aromatic heterocycles. The van der Waals surface area contributed by atoms with Crippen LogP contribution in [0, 0.1) is 6.92 Å². The molecule has 0 unspecified atom stereocenters. The summed E-state index contributed by atoms with van der Waals surface area (Å²) in [7, 11) is -0.567. The Hall–Kier alpha value is -2.38. The molecule has 2 aromatic carbocycles. The Balaban J connectivity index is 1.89. The first-order valence-electron chi connectivity index (χ1n) is 10.3. The molecule has 0 atom stereocenters. The number of carbonyl (C=O) groups excluding carboxylic acids is 1. The van der Waals surface area contributed by atoms with Crippen molar-refractivity contribution < 1.29 is 17.9 Å². The van der Waals surface area contributed by atoms with E-state index in [-0.39, 0.29) is 16.6 Å². The Morgan fingerprint density at radius 2 is 1.73 bits per heavy atom. The molecule has 0 spiro atoms. The number of hydrogen-bond donors (Lipinski definition) is 0. The van der Waals surface area contributed by atoms with E-state index in [1.54, 1.807) is 24.1 Å². The van der Waals surface area contributed by atoms with Crippen LogP contribution < -0.4 is 4.74 Å². The molecular weight excluding hydrogens is 400 g/mol. The lowest BCUT2D eigenvalue weighted by atomic mass is 10.1. The van der Waals surface area contributed by atoms with Gasteiger partial charge in [-0.3, -0.25) is 4.79 Å². The van der Waals surface area contributed by atoms with Crippen molar-refractivity contribution in [2.24, 2.45) is 0 Å². The third-order valence-electron chi connectivity index (χ3n) is 5.61. The summed E-state index contributed by atoms with van der Waals surface area (Å²) >= 11 is 0. The van der Waals surface area contributed by atoms with Crippen LogP contribution in [0.25, 0.3) is 0 Å². The van der Waals surface area contributed by atoms with Crippen molar-refractivity contribution in [3.05, 3.63) is 59.2 Å². The van der Waals surface area contributed by atoms with E-state index in [1.165, 1.54) is 17.5 Å². The Labute approximate surface area is 179 Å². The number of nitrogens with zero attached hydrogens (tertiary/aromatic N) is 2. The van der Waals surface area contributed by atoms with Crippen molar-refractivity contribution in [3.8, 4) is 5.75 Å². The van der Waals surface area contributed by atoms with E-state index in [1.807, 2.05) is 31.2 Å². The molecule has 1 fully saturated rings. The van der Waals surface area contributed by atoms with Gasteiger partial charge in [0.05, 0.1) is 7.11 Å². The normalized spacial score (nSPS) is 15.4. The number of sulfonamides is 1. The van der Waals surface area contributed by atoms with Gasteiger partial charge in [-0.1, -0.05) is 37.1 Å². The maximum Gasteiger partial charge on any atom is 0.253 e. The highest BCUT2D eigenvalue weighted by atomic mass is 32.2. The van der Waals surface area contributed by atoms with Crippen molar-refractivity contribution >= 4 is 15.9 Å². The molecule has 7 heteroatoms. The Kier molecular flexibility index (Phi) is 7.15. The van der Waals surface area contributed by atoms with Gasteiger partial charge in [-0.2, -0.15) is 4.31 Å². The number of benzene rings is 2. The minimum absolute atomic E-state index is 0.0574. The highest BCUT2D eigenvalue weighted by Gasteiger charge is 2.29. The standard InChI is InChI=1S/C23H30N2O4S/c1-18-10-6-7-11-20(18)17-24(2)23(26)19-12-13-21(29-3)22(16-19)30(27,28)25-14-8-4-5-9-15-25/h6-7,10-13,16H,4-5,8-9,14-15,17H2,1-3H3. The average Bonchev–Trinajstić information content (AvgIpc) is 3.04. The summed E-state index contributed by atoms with van der Waals surface area (Å²) in [6.45, 7) is 3.45. The largest absolute Gasteiger partial charge is 0.495 e. The number of amides is 1. The molecule has 6 nitrogen and oxygen atoms in total. The van der Waals surface area contributed by atoms with Crippen LogP contribution in [0.5, 0.6) is 5.75 Å². The molecule has 0 bridgehead atoms. The summed E-state index contributed by atoms with van der Waals surface area (Å²) in [6, 6.07) is 12.5. The molecule has 0 saturated carbocycles. The maximum absolute atomic E-state index is 13.3. The van der Waals surface area contributed by atoms with E-state index in [0.717, 1.165) is 36.8 Å². The molecule has 1 saturated heterocycles. The smallest absolute Gasteiger partial charge is 0.253 e. The van der Waals surface area contributed by atoms with Crippen molar-refractivity contribution in [2.45, 2.75) is 44.0 Å². The molecule has 30 heavy (non-hydrogen) atoms. The summed E-state index contributed by atoms with van der Waals surface area (Å²) in [5.41, 5.74) is 2.50. The van der Waals surface area contributed by atoms with Gasteiger partial charge < -0.3 is 9.64 Å². The van der Waals surface area contributed by atoms with Crippen LogP contribution in [0.3, 0.4) is 0 Å². The van der Waals surface area contributed by atoms with Gasteiger partial charge in [0.25, 0.3) is 5.91 Å². The van der Waals surface area contributed by atoms with Gasteiger partial charge in [0, 0.05) is 32.2 Å². The number of ether oxygens (including phenoxy) is 1. The Bertz CT molecular complexity index is 996. The number of aryl methyl sites for hydroxylation is 1. The van der Waals surface area contributed by atoms with Crippen LogP contribution in [0.2, 0.25) is 0 Å². The first-order chi connectivity index (χ1) is 14.3. The zero-order valence-electron chi connectivity index (χ0n) is 17.9. The maximum atomic E-state index is 13.3. The Morgan fingerprint density at radius 3 is 2.37 bits per heavy atom. The molecule has 162 valence electrons. The Morgan fingerprint density at radius 1 is 1.07 bits per heavy atom. The van der Waals surface area contributed by atoms with Crippen LogP contribution >= 0.6 is 0 Å². The monoisotopic (exact) mass is 430 g/mol. The second kappa shape index (κ2) is 9.62. The quantitative estimate of drug-likeness (QED) is 0.698. The van der Waals surface area contributed by atoms with Crippen molar-refractivity contribution in [3.63, 3.8) is 0 Å². The van der Waals surface area contributed by atoms with Crippen LogP contribution in [-0.4, -0.2) is 50.8 Å². The van der Waals surface area contributed by atoms with E-state index in [4.69, 9.17) is 4.74 Å². The van der Waals surface area contributed by atoms with Gasteiger partial charge in [0.15, 0.2) is 0 Å². The fourth-order valence-corrected chi connectivity index (χ4v) is 5.47. The van der Waals surface area contributed by atoms with Crippen LogP contribution in [0.15, 0.2) is 47.4 Å². The predicted molar refractivity (Wildman–Crippen MR) is 117 cm³/mol. The number of methoxy groups -OCH3 is 1. The summed E-state index contributed by atoms with van der Waals surface area (Å²) in [5, 5.41) is 0. The molecule has 1 heterocycles. The van der Waals surface area contributed by atoms with Gasteiger partial charge in [-0.05, 0) is 49.1 Å². The number of hydrogen-bond acceptors (Lipinski definition) is 4. The molecule has 0 radical (unpaired) electrons. The lowest BCUT2D eigenvalue weighted by Crippen LogP contribution is -2.32. The van der Waals surface area contributed by atoms with E-state index >= 15 is 0 Å². The van der Waals surface area contributed by atoms with Gasteiger partial charge >= 0.3 is 0 Å². The van der Waals surface area contributed by atoms with E-state index in [0.29, 0.717) is 25.2 Å². The van der Waals surface area contributed by atoms with Crippen molar-refractivity contribution in [2.75, 3.05) is 27.2 Å². The van der Waals surface area contributed by atoms with Gasteiger partial charge in [0.1, 0.15) is 10.6 Å². The lowest BCUT2D eigenvalue weighted by molar-refractivity contribution is 0.0784. The highest BCUT2D eigenvalue weighted by Crippen LogP contribution is 2.30. The molecule has 2 aromatic rings. The van der Waals surface area contributed by atoms with Gasteiger partial charge in [-0.25, -0.2) is 8.42 Å². The average molecular weight is 431 g/mol. The molecule has 1 amide bonds. The summed E-state index contributed by atoms with van der Waals surface area (Å²) in [6.07, 6.45) is 3.76. The minimum Gasteiger partial charge on any atom is -0.495 e. The number of rotatable bonds is 6. The minimum atomic E-state index is -3.74. The molecule has 0 aliphatic carbocycles. The first kappa shape index (κ1) is 22.3. The van der Waals surface area contributed by atoms with E-state index in [9.17, 15) is 13.2 Å². The zero-order chi connectivity index (χ0) is 21.7. The van der Waals surface area contributed by atoms with Crippen molar-refractivity contribution in [1.82, 2.24) is 9.21 Å². The summed E-state index contributed by atoms with van der Waals surface area (Å²) in [4.78, 5) is 14.7. The zero-order valence-corrected chi connectivity index (χ0v) is 18.7. The summed E-state index contributed by atoms with van der Waals surface area (Å²) < 4.78 is 33.5. The fourth-order valence-electron chi connectivity index (χ4n) is 3.77. The summed E-state index contributed by atoms with van der Waals surface area (Å²) in [5.74, 6) is 0.0329. The predicted octanol–water partition coefficient (Wildman–Crippen LogP) is 3.84. The topological polar surface area (TPSA) is 66.9 Å². The number of carbonyl (C=O) groups is 1. The molecule has 3 rings (SSSR count). The third kappa shape index (κ3) is 4.84. The third-order valence-corrected chi connectivity index (χ3v) is 7.53. The van der Waals surface area contributed by atoms with Gasteiger partial charge in [-0.15, -0.1) is 0 Å². The van der Waals surface area contributed by atoms with Crippen molar-refractivity contribution in [1.29, 1.82) is 0 Å². The van der Waals surface area contributed by atoms with E-state index in [2.05, 4.69) is 0 Å². The molecule has 0 N–H and O–H groups in total. The molecule has 1 aliphatic rings. The highest BCUT2D eigenvalue weighted by molar-refractivity contribution is 7.89.